The molecule has 0 bridgehead atoms. The molecule has 178 valence electrons. The molecule has 0 spiro atoms. The van der Waals surface area contributed by atoms with Crippen LogP contribution in [0.2, 0.25) is 0 Å². The molecule has 32 heavy (non-hydrogen) atoms. The number of benzene rings is 1. The summed E-state index contributed by atoms with van der Waals surface area (Å²) in [6.07, 6.45) is 1.84. The predicted octanol–water partition coefficient (Wildman–Crippen LogP) is 5.56. The van der Waals surface area contributed by atoms with E-state index in [1.807, 2.05) is 0 Å². The van der Waals surface area contributed by atoms with E-state index in [9.17, 15) is 14.2 Å². The van der Waals surface area contributed by atoms with Crippen molar-refractivity contribution in [2.45, 2.75) is 52.4 Å². The average Bonchev–Trinajstić information content (AvgIpc) is 3.01. The number of alkyl halides is 2. The van der Waals surface area contributed by atoms with E-state index in [1.54, 1.807) is 20.8 Å². The first kappa shape index (κ1) is 26.4. The van der Waals surface area contributed by atoms with Crippen molar-refractivity contribution in [3.05, 3.63) is 56.7 Å². The number of aromatic nitrogens is 2. The van der Waals surface area contributed by atoms with Crippen LogP contribution in [0.4, 0.5) is 13.6 Å². The zero-order valence-electron chi connectivity index (χ0n) is 18.4. The number of hydrogen-bond donors (Lipinski definition) is 0. The molecule has 0 aliphatic carbocycles. The molecule has 0 N–H and O–H groups in total. The highest BCUT2D eigenvalue weighted by molar-refractivity contribution is 9.10. The first-order valence-electron chi connectivity index (χ1n) is 9.82. The Morgan fingerprint density at radius 1 is 1.12 bits per heavy atom. The summed E-state index contributed by atoms with van der Waals surface area (Å²) in [5, 5.41) is 0. The minimum absolute atomic E-state index is 0.00760. The van der Waals surface area contributed by atoms with Gasteiger partial charge in [-0.3, -0.25) is 9.13 Å². The fourth-order valence-corrected chi connectivity index (χ4v) is 5.16. The third-order valence-electron chi connectivity index (χ3n) is 4.09. The van der Waals surface area contributed by atoms with Gasteiger partial charge in [0.25, 0.3) is 0 Å². The van der Waals surface area contributed by atoms with Gasteiger partial charge in [-0.2, -0.15) is 8.78 Å². The summed E-state index contributed by atoms with van der Waals surface area (Å²) in [6.45, 7) is 7.52. The molecule has 2 rings (SSSR count). The van der Waals surface area contributed by atoms with Crippen LogP contribution in [0, 0.1) is 0 Å². The van der Waals surface area contributed by atoms with Crippen molar-refractivity contribution < 1.29 is 31.9 Å². The Bertz CT molecular complexity index is 1070. The minimum atomic E-state index is -4.76. The summed E-state index contributed by atoms with van der Waals surface area (Å²) >= 11 is 3.09. The smallest absolute Gasteiger partial charge is 0.422 e. The SMILES string of the molecule is CCOP(=O)(OCC)C(F)(F)c1ccc(Cn2ccn(C(=O)OC(C)(C)C)c2=O)cc1Br. The Kier molecular flexibility index (Phi) is 8.25. The highest BCUT2D eigenvalue weighted by atomic mass is 79.9. The van der Waals surface area contributed by atoms with Crippen LogP contribution in [-0.2, 0) is 30.6 Å². The van der Waals surface area contributed by atoms with Gasteiger partial charge < -0.3 is 13.8 Å². The molecule has 1 heterocycles. The molecule has 0 saturated heterocycles. The van der Waals surface area contributed by atoms with Gasteiger partial charge in [0.05, 0.1) is 19.8 Å². The van der Waals surface area contributed by atoms with Gasteiger partial charge in [0.1, 0.15) is 5.60 Å². The molecule has 1 aromatic heterocycles. The minimum Gasteiger partial charge on any atom is -0.443 e. The summed E-state index contributed by atoms with van der Waals surface area (Å²) in [5.74, 6) is 0. The molecule has 12 heteroatoms. The van der Waals surface area contributed by atoms with Gasteiger partial charge in [-0.15, -0.1) is 0 Å². The van der Waals surface area contributed by atoms with E-state index in [-0.39, 0.29) is 24.2 Å². The van der Waals surface area contributed by atoms with Crippen LogP contribution in [-0.4, -0.2) is 34.0 Å². The van der Waals surface area contributed by atoms with Gasteiger partial charge in [0.2, 0.25) is 0 Å². The van der Waals surface area contributed by atoms with Crippen LogP contribution >= 0.6 is 23.5 Å². The van der Waals surface area contributed by atoms with Crippen LogP contribution in [0.5, 0.6) is 0 Å². The molecule has 0 aliphatic heterocycles. The summed E-state index contributed by atoms with van der Waals surface area (Å²) < 4.78 is 59.6. The summed E-state index contributed by atoms with van der Waals surface area (Å²) in [5.41, 5.74) is -5.38. The Morgan fingerprint density at radius 3 is 2.22 bits per heavy atom. The van der Waals surface area contributed by atoms with Crippen molar-refractivity contribution in [1.29, 1.82) is 0 Å². The van der Waals surface area contributed by atoms with Crippen molar-refractivity contribution >= 4 is 29.6 Å². The third kappa shape index (κ3) is 5.75. The normalized spacial score (nSPS) is 12.8. The van der Waals surface area contributed by atoms with Crippen LogP contribution in [0.1, 0.15) is 45.7 Å². The molecule has 8 nitrogen and oxygen atoms in total. The van der Waals surface area contributed by atoms with Crippen molar-refractivity contribution in [3.63, 3.8) is 0 Å². The molecule has 0 radical (unpaired) electrons. The maximum Gasteiger partial charge on any atom is 0.422 e. The van der Waals surface area contributed by atoms with Crippen molar-refractivity contribution in [1.82, 2.24) is 9.13 Å². The standard InChI is InChI=1S/C20H26BrF2N2O6P/c1-6-29-32(28,30-7-2)20(22,23)15-9-8-14(12-16(15)21)13-24-10-11-25(17(24)26)18(27)31-19(3,4)5/h8-12H,6-7,13H2,1-5H3. The first-order valence-corrected chi connectivity index (χ1v) is 12.2. The van der Waals surface area contributed by atoms with Gasteiger partial charge >= 0.3 is 25.0 Å². The molecule has 0 fully saturated rings. The lowest BCUT2D eigenvalue weighted by Gasteiger charge is -2.26. The van der Waals surface area contributed by atoms with Crippen molar-refractivity contribution in [2.24, 2.45) is 0 Å². The van der Waals surface area contributed by atoms with Gasteiger partial charge in [-0.1, -0.05) is 28.1 Å². The van der Waals surface area contributed by atoms with Crippen LogP contribution in [0.15, 0.2) is 39.9 Å². The lowest BCUT2D eigenvalue weighted by molar-refractivity contribution is 0.0354. The van der Waals surface area contributed by atoms with E-state index >= 15 is 8.78 Å². The quantitative estimate of drug-likeness (QED) is 0.409. The van der Waals surface area contributed by atoms with Gasteiger partial charge in [-0.05, 0) is 46.2 Å². The number of imidazole rings is 1. The second-order valence-corrected chi connectivity index (χ2v) is 10.7. The lowest BCUT2D eigenvalue weighted by atomic mass is 10.1. The zero-order valence-corrected chi connectivity index (χ0v) is 20.9. The summed E-state index contributed by atoms with van der Waals surface area (Å²) in [7, 11) is -4.76. The Hall–Kier alpha value is -1.81. The Balaban J connectivity index is 2.31. The molecule has 0 amide bonds. The molecule has 1 aromatic carbocycles. The number of ether oxygens (including phenoxy) is 1. The number of rotatable bonds is 8. The number of carbonyl (C=O) groups is 1. The molecule has 0 aliphatic rings. The maximum absolute atomic E-state index is 15.0. The topological polar surface area (TPSA) is 88.8 Å². The van der Waals surface area contributed by atoms with E-state index in [0.29, 0.717) is 5.56 Å². The number of halogens is 3. The third-order valence-corrected chi connectivity index (χ3v) is 6.87. The van der Waals surface area contributed by atoms with Gasteiger partial charge in [0.15, 0.2) is 0 Å². The van der Waals surface area contributed by atoms with Gasteiger partial charge in [0, 0.05) is 22.4 Å². The first-order chi connectivity index (χ1) is 14.8. The molecular weight excluding hydrogens is 513 g/mol. The monoisotopic (exact) mass is 538 g/mol. The van der Waals surface area contributed by atoms with Crippen LogP contribution in [0.25, 0.3) is 0 Å². The zero-order chi connectivity index (χ0) is 24.3. The number of nitrogens with zero attached hydrogens (tertiary/aromatic N) is 2. The Morgan fingerprint density at radius 2 is 1.72 bits per heavy atom. The maximum atomic E-state index is 15.0. The summed E-state index contributed by atoms with van der Waals surface area (Å²) in [6, 6.07) is 3.84. The Labute approximate surface area is 193 Å². The lowest BCUT2D eigenvalue weighted by Crippen LogP contribution is -2.34. The average molecular weight is 539 g/mol. The van der Waals surface area contributed by atoms with E-state index in [4.69, 9.17) is 13.8 Å². The predicted molar refractivity (Wildman–Crippen MR) is 118 cm³/mol. The highest BCUT2D eigenvalue weighted by Gasteiger charge is 2.55. The second-order valence-electron chi connectivity index (χ2n) is 7.75. The number of carbonyl (C=O) groups excluding carboxylic acids is 1. The van der Waals surface area contributed by atoms with Gasteiger partial charge in [-0.25, -0.2) is 14.2 Å². The molecule has 0 saturated carbocycles. The molecule has 0 atom stereocenters. The van der Waals surface area contributed by atoms with E-state index in [2.05, 4.69) is 15.9 Å². The van der Waals surface area contributed by atoms with E-state index in [0.717, 1.165) is 10.6 Å². The van der Waals surface area contributed by atoms with Crippen LogP contribution in [0.3, 0.4) is 0 Å². The molecule has 0 unspecified atom stereocenters. The van der Waals surface area contributed by atoms with Crippen molar-refractivity contribution in [3.8, 4) is 0 Å². The fraction of sp³-hybridized carbons (Fsp3) is 0.500. The fourth-order valence-electron chi connectivity index (χ4n) is 2.77. The summed E-state index contributed by atoms with van der Waals surface area (Å²) in [4.78, 5) is 24.7. The number of hydrogen-bond acceptors (Lipinski definition) is 6. The highest BCUT2D eigenvalue weighted by Crippen LogP contribution is 2.67. The van der Waals surface area contributed by atoms with E-state index < -0.39 is 36.2 Å². The second kappa shape index (κ2) is 9.99. The van der Waals surface area contributed by atoms with E-state index in [1.165, 1.54) is 42.9 Å². The largest absolute Gasteiger partial charge is 0.443 e. The van der Waals surface area contributed by atoms with Crippen molar-refractivity contribution in [2.75, 3.05) is 13.2 Å². The molecule has 2 aromatic rings. The molecular formula is C20H26BrF2N2O6P. The van der Waals surface area contributed by atoms with Crippen LogP contribution < -0.4 is 5.69 Å².